The highest BCUT2D eigenvalue weighted by molar-refractivity contribution is 9.10. The van der Waals surface area contributed by atoms with Gasteiger partial charge in [-0.1, -0.05) is 0 Å². The molecule has 3 N–H and O–H groups in total. The number of carbonyl (C=O) groups is 1. The second-order valence-electron chi connectivity index (χ2n) is 2.99. The number of nitrogens with one attached hydrogen (secondary N) is 1. The molecule has 1 aromatic carbocycles. The molecule has 0 unspecified atom stereocenters. The first-order chi connectivity index (χ1) is 7.15. The highest BCUT2D eigenvalue weighted by Gasteiger charge is 2.08. The number of methoxy groups -OCH3 is 1. The maximum atomic E-state index is 11.6. The Balaban J connectivity index is 2.65. The van der Waals surface area contributed by atoms with E-state index in [4.69, 9.17) is 10.5 Å². The Labute approximate surface area is 96.9 Å². The number of anilines is 1. The maximum Gasteiger partial charge on any atom is 0.252 e. The Hall–Kier alpha value is -1.07. The van der Waals surface area contributed by atoms with Crippen LogP contribution < -0.4 is 11.1 Å². The largest absolute Gasteiger partial charge is 0.399 e. The first-order valence-electron chi connectivity index (χ1n) is 4.47. The summed E-state index contributed by atoms with van der Waals surface area (Å²) in [5.74, 6) is -0.140. The lowest BCUT2D eigenvalue weighted by Crippen LogP contribution is -2.27. The summed E-state index contributed by atoms with van der Waals surface area (Å²) in [5, 5.41) is 2.73. The van der Waals surface area contributed by atoms with E-state index in [1.54, 1.807) is 25.3 Å². The number of nitrogen functional groups attached to an aromatic ring is 1. The van der Waals surface area contributed by atoms with E-state index in [9.17, 15) is 4.79 Å². The van der Waals surface area contributed by atoms with Crippen molar-refractivity contribution < 1.29 is 9.53 Å². The molecule has 0 saturated carbocycles. The molecule has 0 aromatic heterocycles. The number of carbonyl (C=O) groups excluding carboxylic acids is 1. The molecule has 4 nitrogen and oxygen atoms in total. The molecule has 0 aliphatic carbocycles. The van der Waals surface area contributed by atoms with E-state index in [2.05, 4.69) is 21.2 Å². The van der Waals surface area contributed by atoms with E-state index in [-0.39, 0.29) is 5.91 Å². The number of nitrogens with two attached hydrogens (primary N) is 1. The molecule has 1 rings (SSSR count). The molecule has 0 fully saturated rings. The molecule has 1 amide bonds. The van der Waals surface area contributed by atoms with Gasteiger partial charge in [0.05, 0.1) is 12.2 Å². The topological polar surface area (TPSA) is 64.3 Å². The normalized spacial score (nSPS) is 10.0. The summed E-state index contributed by atoms with van der Waals surface area (Å²) >= 11 is 3.28. The van der Waals surface area contributed by atoms with Gasteiger partial charge in [-0.3, -0.25) is 4.79 Å². The van der Waals surface area contributed by atoms with Crippen molar-refractivity contribution in [3.8, 4) is 0 Å². The lowest BCUT2D eigenvalue weighted by molar-refractivity contribution is 0.0936. The number of amides is 1. The van der Waals surface area contributed by atoms with E-state index >= 15 is 0 Å². The summed E-state index contributed by atoms with van der Waals surface area (Å²) < 4.78 is 5.52. The Morgan fingerprint density at radius 1 is 1.60 bits per heavy atom. The van der Waals surface area contributed by atoms with Crippen LogP contribution in [0.5, 0.6) is 0 Å². The Morgan fingerprint density at radius 2 is 2.33 bits per heavy atom. The number of hydrogen-bond donors (Lipinski definition) is 2. The molecule has 82 valence electrons. The number of ether oxygens (including phenoxy) is 1. The van der Waals surface area contributed by atoms with Crippen molar-refractivity contribution in [2.24, 2.45) is 0 Å². The minimum Gasteiger partial charge on any atom is -0.399 e. The highest BCUT2D eigenvalue weighted by atomic mass is 79.9. The minimum absolute atomic E-state index is 0.140. The van der Waals surface area contributed by atoms with Crippen LogP contribution >= 0.6 is 15.9 Å². The zero-order chi connectivity index (χ0) is 11.3. The van der Waals surface area contributed by atoms with Crippen molar-refractivity contribution >= 4 is 27.5 Å². The van der Waals surface area contributed by atoms with Gasteiger partial charge in [0, 0.05) is 23.8 Å². The Morgan fingerprint density at radius 3 is 2.93 bits per heavy atom. The number of benzene rings is 1. The van der Waals surface area contributed by atoms with Crippen molar-refractivity contribution in [3.63, 3.8) is 0 Å². The first-order valence-corrected chi connectivity index (χ1v) is 5.26. The summed E-state index contributed by atoms with van der Waals surface area (Å²) in [4.78, 5) is 11.6. The fraction of sp³-hybridized carbons (Fsp3) is 0.300. The van der Waals surface area contributed by atoms with Crippen LogP contribution in [0.2, 0.25) is 0 Å². The van der Waals surface area contributed by atoms with E-state index in [1.807, 2.05) is 0 Å². The van der Waals surface area contributed by atoms with Gasteiger partial charge in [0.2, 0.25) is 0 Å². The van der Waals surface area contributed by atoms with E-state index in [0.29, 0.717) is 28.9 Å². The minimum atomic E-state index is -0.140. The third-order valence-corrected chi connectivity index (χ3v) is 2.49. The molecule has 0 radical (unpaired) electrons. The van der Waals surface area contributed by atoms with Gasteiger partial charge in [-0.2, -0.15) is 0 Å². The summed E-state index contributed by atoms with van der Waals surface area (Å²) in [6.07, 6.45) is 0. The number of halogens is 1. The van der Waals surface area contributed by atoms with Crippen molar-refractivity contribution in [2.45, 2.75) is 0 Å². The van der Waals surface area contributed by atoms with Crippen LogP contribution in [-0.4, -0.2) is 26.2 Å². The molecule has 0 bridgehead atoms. The summed E-state index contributed by atoms with van der Waals surface area (Å²) in [7, 11) is 1.59. The number of hydrogen-bond acceptors (Lipinski definition) is 3. The van der Waals surface area contributed by atoms with Crippen LogP contribution in [0.1, 0.15) is 10.4 Å². The highest BCUT2D eigenvalue weighted by Crippen LogP contribution is 2.19. The molecule has 5 heteroatoms. The third kappa shape index (κ3) is 3.53. The van der Waals surface area contributed by atoms with Crippen molar-refractivity contribution in [3.05, 3.63) is 28.2 Å². The van der Waals surface area contributed by atoms with Crippen LogP contribution in [0.25, 0.3) is 0 Å². The summed E-state index contributed by atoms with van der Waals surface area (Å²) in [6, 6.07) is 5.07. The van der Waals surface area contributed by atoms with Crippen LogP contribution in [0.3, 0.4) is 0 Å². The van der Waals surface area contributed by atoms with Crippen LogP contribution in [-0.2, 0) is 4.74 Å². The van der Waals surface area contributed by atoms with Gasteiger partial charge in [0.25, 0.3) is 5.91 Å². The molecule has 0 atom stereocenters. The van der Waals surface area contributed by atoms with E-state index < -0.39 is 0 Å². The van der Waals surface area contributed by atoms with Gasteiger partial charge < -0.3 is 15.8 Å². The van der Waals surface area contributed by atoms with E-state index in [0.717, 1.165) is 0 Å². The fourth-order valence-corrected chi connectivity index (χ4v) is 1.65. The molecule has 1 aromatic rings. The molecular formula is C10H13BrN2O2. The van der Waals surface area contributed by atoms with Crippen molar-refractivity contribution in [1.82, 2.24) is 5.32 Å². The molecule has 0 aliphatic heterocycles. The predicted molar refractivity (Wildman–Crippen MR) is 62.8 cm³/mol. The Kier molecular flexibility index (Phi) is 4.58. The smallest absolute Gasteiger partial charge is 0.252 e. The summed E-state index contributed by atoms with van der Waals surface area (Å²) in [6.45, 7) is 0.991. The van der Waals surface area contributed by atoms with Gasteiger partial charge >= 0.3 is 0 Å². The predicted octanol–water partition coefficient (Wildman–Crippen LogP) is 1.41. The van der Waals surface area contributed by atoms with Gasteiger partial charge in [0.15, 0.2) is 0 Å². The SMILES string of the molecule is COCCNC(=O)c1ccc(N)cc1Br. The second-order valence-corrected chi connectivity index (χ2v) is 3.84. The van der Waals surface area contributed by atoms with Crippen LogP contribution in [0, 0.1) is 0 Å². The Bertz CT molecular complexity index is 355. The standard InChI is InChI=1S/C10H13BrN2O2/c1-15-5-4-13-10(14)8-3-2-7(12)6-9(8)11/h2-3,6H,4-5,12H2,1H3,(H,13,14). The van der Waals surface area contributed by atoms with E-state index in [1.165, 1.54) is 0 Å². The van der Waals surface area contributed by atoms with Gasteiger partial charge in [-0.05, 0) is 34.1 Å². The summed E-state index contributed by atoms with van der Waals surface area (Å²) in [5.41, 5.74) is 6.76. The zero-order valence-electron chi connectivity index (χ0n) is 8.42. The lowest BCUT2D eigenvalue weighted by Gasteiger charge is -2.06. The van der Waals surface area contributed by atoms with Gasteiger partial charge in [-0.25, -0.2) is 0 Å². The zero-order valence-corrected chi connectivity index (χ0v) is 10.0. The maximum absolute atomic E-state index is 11.6. The second kappa shape index (κ2) is 5.72. The molecule has 0 aliphatic rings. The lowest BCUT2D eigenvalue weighted by atomic mass is 10.2. The molecule has 0 heterocycles. The number of rotatable bonds is 4. The molecule has 0 spiro atoms. The van der Waals surface area contributed by atoms with Crippen LogP contribution in [0.4, 0.5) is 5.69 Å². The monoisotopic (exact) mass is 272 g/mol. The average Bonchev–Trinajstić information content (AvgIpc) is 2.17. The quantitative estimate of drug-likeness (QED) is 0.644. The molecule has 0 saturated heterocycles. The van der Waals surface area contributed by atoms with Crippen molar-refractivity contribution in [2.75, 3.05) is 26.0 Å². The average molecular weight is 273 g/mol. The van der Waals surface area contributed by atoms with Gasteiger partial charge in [0.1, 0.15) is 0 Å². The first kappa shape index (κ1) is 12.0. The molecule has 15 heavy (non-hydrogen) atoms. The molecular weight excluding hydrogens is 260 g/mol. The van der Waals surface area contributed by atoms with Crippen LogP contribution in [0.15, 0.2) is 22.7 Å². The van der Waals surface area contributed by atoms with Gasteiger partial charge in [-0.15, -0.1) is 0 Å². The third-order valence-electron chi connectivity index (χ3n) is 1.83. The fourth-order valence-electron chi connectivity index (χ4n) is 1.08. The van der Waals surface area contributed by atoms with Crippen molar-refractivity contribution in [1.29, 1.82) is 0 Å².